The highest BCUT2D eigenvalue weighted by Crippen LogP contribution is 2.24. The van der Waals surface area contributed by atoms with Gasteiger partial charge in [0.15, 0.2) is 5.82 Å². The fourth-order valence-electron chi connectivity index (χ4n) is 1.37. The van der Waals surface area contributed by atoms with Crippen LogP contribution in [0.2, 0.25) is 0 Å². The number of halogens is 1. The SMILES string of the molecule is COc1ccc(F)c(Nc2nnccc2C#N)c1. The Kier molecular flexibility index (Phi) is 3.34. The molecule has 0 aliphatic carbocycles. The Hall–Kier alpha value is -2.68. The van der Waals surface area contributed by atoms with Crippen molar-refractivity contribution in [2.75, 3.05) is 12.4 Å². The summed E-state index contributed by atoms with van der Waals surface area (Å²) in [5, 5.41) is 19.0. The average molecular weight is 244 g/mol. The number of nitriles is 1. The number of hydrogen-bond acceptors (Lipinski definition) is 5. The van der Waals surface area contributed by atoms with Crippen molar-refractivity contribution in [1.29, 1.82) is 5.26 Å². The molecule has 0 bridgehead atoms. The Labute approximate surface area is 103 Å². The van der Waals surface area contributed by atoms with Crippen molar-refractivity contribution in [3.8, 4) is 11.8 Å². The molecule has 6 heteroatoms. The largest absolute Gasteiger partial charge is 0.497 e. The number of hydrogen-bond donors (Lipinski definition) is 1. The minimum atomic E-state index is -0.467. The normalized spacial score (nSPS) is 9.61. The molecule has 18 heavy (non-hydrogen) atoms. The van der Waals surface area contributed by atoms with Crippen molar-refractivity contribution in [3.05, 3.63) is 41.8 Å². The third-order valence-electron chi connectivity index (χ3n) is 2.27. The molecule has 0 saturated heterocycles. The van der Waals surface area contributed by atoms with Crippen molar-refractivity contribution >= 4 is 11.5 Å². The molecule has 0 aliphatic heterocycles. The van der Waals surface area contributed by atoms with E-state index >= 15 is 0 Å². The fourth-order valence-corrected chi connectivity index (χ4v) is 1.37. The molecule has 0 amide bonds. The van der Waals surface area contributed by atoms with Crippen LogP contribution in [0.4, 0.5) is 15.9 Å². The minimum Gasteiger partial charge on any atom is -0.497 e. The highest BCUT2D eigenvalue weighted by Gasteiger charge is 2.08. The number of aromatic nitrogens is 2. The van der Waals surface area contributed by atoms with E-state index in [0.717, 1.165) is 0 Å². The molecular weight excluding hydrogens is 235 g/mol. The topological polar surface area (TPSA) is 70.8 Å². The maximum atomic E-state index is 13.6. The van der Waals surface area contributed by atoms with Gasteiger partial charge in [0.2, 0.25) is 0 Å². The van der Waals surface area contributed by atoms with Crippen LogP contribution >= 0.6 is 0 Å². The van der Waals surface area contributed by atoms with Gasteiger partial charge in [-0.2, -0.15) is 10.4 Å². The number of nitrogens with one attached hydrogen (secondary N) is 1. The molecule has 5 nitrogen and oxygen atoms in total. The molecule has 0 saturated carbocycles. The van der Waals surface area contributed by atoms with Gasteiger partial charge in [-0.05, 0) is 18.2 Å². The van der Waals surface area contributed by atoms with Gasteiger partial charge in [-0.15, -0.1) is 5.10 Å². The Balaban J connectivity index is 2.37. The van der Waals surface area contributed by atoms with Crippen LogP contribution in [0.5, 0.6) is 5.75 Å². The van der Waals surface area contributed by atoms with E-state index in [9.17, 15) is 4.39 Å². The van der Waals surface area contributed by atoms with Gasteiger partial charge in [-0.1, -0.05) is 0 Å². The van der Waals surface area contributed by atoms with E-state index in [1.54, 1.807) is 0 Å². The molecule has 0 unspecified atom stereocenters. The zero-order valence-electron chi connectivity index (χ0n) is 9.51. The van der Waals surface area contributed by atoms with Gasteiger partial charge in [0, 0.05) is 6.07 Å². The van der Waals surface area contributed by atoms with Crippen LogP contribution < -0.4 is 10.1 Å². The van der Waals surface area contributed by atoms with Gasteiger partial charge in [0.25, 0.3) is 0 Å². The maximum absolute atomic E-state index is 13.6. The second kappa shape index (κ2) is 5.10. The van der Waals surface area contributed by atoms with Crippen molar-refractivity contribution in [1.82, 2.24) is 10.2 Å². The standard InChI is InChI=1S/C12H9FN4O/c1-18-9-2-3-10(13)11(6-9)16-12-8(7-14)4-5-15-17-12/h2-6H,1H3,(H,16,17). The van der Waals surface area contributed by atoms with E-state index in [1.807, 2.05) is 6.07 Å². The first kappa shape index (κ1) is 11.8. The average Bonchev–Trinajstić information content (AvgIpc) is 2.42. The summed E-state index contributed by atoms with van der Waals surface area (Å²) in [4.78, 5) is 0. The van der Waals surface area contributed by atoms with E-state index in [0.29, 0.717) is 5.75 Å². The first-order valence-electron chi connectivity index (χ1n) is 5.07. The third kappa shape index (κ3) is 2.35. The van der Waals surface area contributed by atoms with Crippen LogP contribution in [0.1, 0.15) is 5.56 Å². The molecule has 0 fully saturated rings. The number of rotatable bonds is 3. The number of methoxy groups -OCH3 is 1. The molecule has 2 rings (SSSR count). The van der Waals surface area contributed by atoms with E-state index < -0.39 is 5.82 Å². The molecular formula is C12H9FN4O. The molecule has 0 atom stereocenters. The van der Waals surface area contributed by atoms with Gasteiger partial charge >= 0.3 is 0 Å². The van der Waals surface area contributed by atoms with E-state index in [2.05, 4.69) is 15.5 Å². The van der Waals surface area contributed by atoms with Gasteiger partial charge in [-0.3, -0.25) is 0 Å². The second-order valence-electron chi connectivity index (χ2n) is 3.38. The molecule has 0 aliphatic rings. The quantitative estimate of drug-likeness (QED) is 0.896. The second-order valence-corrected chi connectivity index (χ2v) is 3.38. The van der Waals surface area contributed by atoms with E-state index in [-0.39, 0.29) is 17.1 Å². The van der Waals surface area contributed by atoms with Crippen molar-refractivity contribution in [3.63, 3.8) is 0 Å². The number of benzene rings is 1. The minimum absolute atomic E-state index is 0.173. The predicted molar refractivity (Wildman–Crippen MR) is 63.0 cm³/mol. The number of ether oxygens (including phenoxy) is 1. The van der Waals surface area contributed by atoms with Crippen LogP contribution in [-0.4, -0.2) is 17.3 Å². The third-order valence-corrected chi connectivity index (χ3v) is 2.27. The van der Waals surface area contributed by atoms with Gasteiger partial charge in [0.05, 0.1) is 24.6 Å². The molecule has 1 aromatic carbocycles. The van der Waals surface area contributed by atoms with Gasteiger partial charge in [-0.25, -0.2) is 4.39 Å². The molecule has 90 valence electrons. The lowest BCUT2D eigenvalue weighted by Gasteiger charge is -2.08. The van der Waals surface area contributed by atoms with Crippen LogP contribution in [0, 0.1) is 17.1 Å². The van der Waals surface area contributed by atoms with E-state index in [4.69, 9.17) is 10.00 Å². The summed E-state index contributed by atoms with van der Waals surface area (Å²) in [6, 6.07) is 7.69. The number of anilines is 2. The zero-order valence-corrected chi connectivity index (χ0v) is 9.51. The van der Waals surface area contributed by atoms with Crippen molar-refractivity contribution in [2.45, 2.75) is 0 Å². The first-order valence-corrected chi connectivity index (χ1v) is 5.07. The van der Waals surface area contributed by atoms with Crippen LogP contribution in [0.25, 0.3) is 0 Å². The summed E-state index contributed by atoms with van der Waals surface area (Å²) in [5.41, 5.74) is 0.457. The first-order chi connectivity index (χ1) is 8.74. The molecule has 0 radical (unpaired) electrons. The monoisotopic (exact) mass is 244 g/mol. The summed E-state index contributed by atoms with van der Waals surface area (Å²) in [6.07, 6.45) is 1.39. The van der Waals surface area contributed by atoms with Gasteiger partial charge in [0.1, 0.15) is 17.6 Å². The lowest BCUT2D eigenvalue weighted by molar-refractivity contribution is 0.414. The smallest absolute Gasteiger partial charge is 0.171 e. The highest BCUT2D eigenvalue weighted by molar-refractivity contribution is 5.63. The van der Waals surface area contributed by atoms with Gasteiger partial charge < -0.3 is 10.1 Å². The van der Waals surface area contributed by atoms with Crippen LogP contribution in [-0.2, 0) is 0 Å². The van der Waals surface area contributed by atoms with E-state index in [1.165, 1.54) is 37.6 Å². The molecule has 0 spiro atoms. The van der Waals surface area contributed by atoms with Crippen LogP contribution in [0.3, 0.4) is 0 Å². The lowest BCUT2D eigenvalue weighted by Crippen LogP contribution is -2.00. The Morgan fingerprint density at radius 1 is 1.39 bits per heavy atom. The summed E-state index contributed by atoms with van der Waals surface area (Å²) < 4.78 is 18.6. The van der Waals surface area contributed by atoms with Crippen molar-refractivity contribution in [2.24, 2.45) is 0 Å². The Bertz CT molecular complexity index is 609. The summed E-state index contributed by atoms with van der Waals surface area (Å²) in [5.74, 6) is 0.235. The zero-order chi connectivity index (χ0) is 13.0. The fraction of sp³-hybridized carbons (Fsp3) is 0.0833. The summed E-state index contributed by atoms with van der Waals surface area (Å²) >= 11 is 0. The molecule has 1 aromatic heterocycles. The Morgan fingerprint density at radius 3 is 2.94 bits per heavy atom. The molecule has 2 aromatic rings. The summed E-state index contributed by atoms with van der Waals surface area (Å²) in [7, 11) is 1.49. The lowest BCUT2D eigenvalue weighted by atomic mass is 10.2. The number of nitrogens with zero attached hydrogens (tertiary/aromatic N) is 3. The van der Waals surface area contributed by atoms with Crippen molar-refractivity contribution < 1.29 is 9.13 Å². The predicted octanol–water partition coefficient (Wildman–Crippen LogP) is 2.24. The highest BCUT2D eigenvalue weighted by atomic mass is 19.1. The molecule has 1 heterocycles. The Morgan fingerprint density at radius 2 is 2.22 bits per heavy atom. The summed E-state index contributed by atoms with van der Waals surface area (Å²) in [6.45, 7) is 0. The molecule has 1 N–H and O–H groups in total. The maximum Gasteiger partial charge on any atom is 0.171 e. The van der Waals surface area contributed by atoms with Crippen LogP contribution in [0.15, 0.2) is 30.5 Å².